The van der Waals surface area contributed by atoms with Gasteiger partial charge in [-0.2, -0.15) is 0 Å². The summed E-state index contributed by atoms with van der Waals surface area (Å²) in [6.07, 6.45) is 0. The van der Waals surface area contributed by atoms with Crippen molar-refractivity contribution in [1.82, 2.24) is 30.1 Å². The lowest BCUT2D eigenvalue weighted by molar-refractivity contribution is -0.127. The van der Waals surface area contributed by atoms with Crippen LogP contribution in [0.5, 0.6) is 0 Å². The number of carbonyl (C=O) groups is 2. The second kappa shape index (κ2) is 11.0. The SMILES string of the molecule is CNCCn1c(Nc2nc3ccc(Cl)cc3s2)nc2cc(C(=O)NCC(=O)N(C)C)ccc21.Cl. The smallest absolute Gasteiger partial charge is 0.251 e. The number of thiazole rings is 1. The van der Waals surface area contributed by atoms with Crippen molar-refractivity contribution in [2.24, 2.45) is 0 Å². The molecule has 4 aromatic rings. The first kappa shape index (κ1) is 25.7. The van der Waals surface area contributed by atoms with Crippen molar-refractivity contribution in [3.8, 4) is 0 Å². The molecule has 3 N–H and O–H groups in total. The molecule has 0 saturated heterocycles. The quantitative estimate of drug-likeness (QED) is 0.327. The topological polar surface area (TPSA) is 104 Å². The van der Waals surface area contributed by atoms with Crippen molar-refractivity contribution in [1.29, 1.82) is 0 Å². The molecule has 2 aromatic carbocycles. The second-order valence-electron chi connectivity index (χ2n) is 7.62. The summed E-state index contributed by atoms with van der Waals surface area (Å²) in [5.41, 5.74) is 2.85. The fraction of sp³-hybridized carbons (Fsp3) is 0.273. The van der Waals surface area contributed by atoms with Gasteiger partial charge in [0.2, 0.25) is 11.9 Å². The molecule has 0 atom stereocenters. The predicted molar refractivity (Wildman–Crippen MR) is 140 cm³/mol. The average molecular weight is 522 g/mol. The molecular formula is C22H25Cl2N7O2S. The number of nitrogens with zero attached hydrogens (tertiary/aromatic N) is 4. The molecule has 0 radical (unpaired) electrons. The van der Waals surface area contributed by atoms with Crippen LogP contribution in [0.4, 0.5) is 11.1 Å². The van der Waals surface area contributed by atoms with E-state index in [1.54, 1.807) is 26.2 Å². The number of aromatic nitrogens is 3. The van der Waals surface area contributed by atoms with Crippen molar-refractivity contribution in [2.45, 2.75) is 6.54 Å². The van der Waals surface area contributed by atoms with Crippen LogP contribution in [0.3, 0.4) is 0 Å². The van der Waals surface area contributed by atoms with Gasteiger partial charge in [-0.25, -0.2) is 9.97 Å². The molecule has 0 spiro atoms. The van der Waals surface area contributed by atoms with E-state index in [1.807, 2.05) is 35.9 Å². The Morgan fingerprint density at radius 1 is 1.12 bits per heavy atom. The van der Waals surface area contributed by atoms with Gasteiger partial charge in [-0.3, -0.25) is 9.59 Å². The fourth-order valence-electron chi connectivity index (χ4n) is 3.28. The number of halogens is 2. The van der Waals surface area contributed by atoms with E-state index in [0.29, 0.717) is 33.7 Å². The number of nitrogens with one attached hydrogen (secondary N) is 3. The molecule has 0 fully saturated rings. The summed E-state index contributed by atoms with van der Waals surface area (Å²) in [5, 5.41) is 10.5. The first-order valence-corrected chi connectivity index (χ1v) is 11.5. The molecule has 0 bridgehead atoms. The summed E-state index contributed by atoms with van der Waals surface area (Å²) < 4.78 is 3.02. The average Bonchev–Trinajstić information content (AvgIpc) is 3.34. The van der Waals surface area contributed by atoms with Gasteiger partial charge in [-0.1, -0.05) is 22.9 Å². The Morgan fingerprint density at radius 3 is 2.65 bits per heavy atom. The van der Waals surface area contributed by atoms with Crippen LogP contribution in [0.1, 0.15) is 10.4 Å². The first-order chi connectivity index (χ1) is 15.9. The maximum Gasteiger partial charge on any atom is 0.251 e. The highest BCUT2D eigenvalue weighted by atomic mass is 35.5. The van der Waals surface area contributed by atoms with Crippen molar-refractivity contribution >= 4 is 79.5 Å². The maximum atomic E-state index is 12.5. The van der Waals surface area contributed by atoms with Crippen LogP contribution in [0.15, 0.2) is 36.4 Å². The number of hydrogen-bond donors (Lipinski definition) is 3. The number of likely N-dealkylation sites (N-methyl/N-ethyl adjacent to an activating group) is 2. The molecule has 34 heavy (non-hydrogen) atoms. The van der Waals surface area contributed by atoms with Crippen LogP contribution in [0.2, 0.25) is 5.02 Å². The summed E-state index contributed by atoms with van der Waals surface area (Å²) in [5.74, 6) is 0.129. The zero-order valence-electron chi connectivity index (χ0n) is 18.9. The van der Waals surface area contributed by atoms with Gasteiger partial charge in [0.25, 0.3) is 5.91 Å². The number of carbonyl (C=O) groups excluding carboxylic acids is 2. The van der Waals surface area contributed by atoms with Gasteiger partial charge in [0.15, 0.2) is 5.13 Å². The van der Waals surface area contributed by atoms with E-state index < -0.39 is 0 Å². The molecule has 12 heteroatoms. The van der Waals surface area contributed by atoms with E-state index in [0.717, 1.165) is 22.3 Å². The van der Waals surface area contributed by atoms with Gasteiger partial charge < -0.3 is 25.4 Å². The number of fused-ring (bicyclic) bond motifs is 2. The van der Waals surface area contributed by atoms with Crippen LogP contribution in [0, 0.1) is 0 Å². The minimum atomic E-state index is -0.325. The molecular weight excluding hydrogens is 497 g/mol. The molecule has 4 rings (SSSR count). The van der Waals surface area contributed by atoms with Crippen LogP contribution >= 0.6 is 35.3 Å². The third kappa shape index (κ3) is 5.58. The predicted octanol–water partition coefficient (Wildman–Crippen LogP) is 3.50. The van der Waals surface area contributed by atoms with Gasteiger partial charge >= 0.3 is 0 Å². The molecule has 9 nitrogen and oxygen atoms in total. The third-order valence-electron chi connectivity index (χ3n) is 5.06. The Bertz CT molecular complexity index is 1340. The van der Waals surface area contributed by atoms with Crippen molar-refractivity contribution in [3.05, 3.63) is 47.0 Å². The van der Waals surface area contributed by atoms with Crippen molar-refractivity contribution < 1.29 is 9.59 Å². The van der Waals surface area contributed by atoms with E-state index in [4.69, 9.17) is 16.6 Å². The van der Waals surface area contributed by atoms with Crippen LogP contribution in [-0.2, 0) is 11.3 Å². The Balaban J connectivity index is 0.00000324. The highest BCUT2D eigenvalue weighted by Crippen LogP contribution is 2.31. The molecule has 0 aliphatic heterocycles. The number of anilines is 2. The number of hydrogen-bond acceptors (Lipinski definition) is 7. The summed E-state index contributed by atoms with van der Waals surface area (Å²) in [7, 11) is 5.18. The summed E-state index contributed by atoms with van der Waals surface area (Å²) >= 11 is 7.59. The maximum absolute atomic E-state index is 12.5. The number of imidazole rings is 1. The van der Waals surface area contributed by atoms with Gasteiger partial charge in [0, 0.05) is 37.8 Å². The molecule has 0 aliphatic rings. The monoisotopic (exact) mass is 521 g/mol. The first-order valence-electron chi connectivity index (χ1n) is 10.3. The Morgan fingerprint density at radius 2 is 1.91 bits per heavy atom. The van der Waals surface area contributed by atoms with E-state index in [2.05, 4.69) is 20.9 Å². The second-order valence-corrected chi connectivity index (χ2v) is 9.09. The number of rotatable bonds is 8. The van der Waals surface area contributed by atoms with Crippen LogP contribution < -0.4 is 16.0 Å². The molecule has 0 unspecified atom stereocenters. The zero-order valence-corrected chi connectivity index (χ0v) is 21.3. The summed E-state index contributed by atoms with van der Waals surface area (Å²) in [6, 6.07) is 10.9. The fourth-order valence-corrected chi connectivity index (χ4v) is 4.42. The Hall–Kier alpha value is -2.92. The van der Waals surface area contributed by atoms with Gasteiger partial charge in [-0.05, 0) is 43.4 Å². The molecule has 180 valence electrons. The largest absolute Gasteiger partial charge is 0.347 e. The summed E-state index contributed by atoms with van der Waals surface area (Å²) in [6.45, 7) is 1.36. The lowest BCUT2D eigenvalue weighted by Crippen LogP contribution is -2.36. The Labute approximate surface area is 211 Å². The van der Waals surface area contributed by atoms with E-state index in [9.17, 15) is 9.59 Å². The Kier molecular flexibility index (Phi) is 8.32. The molecule has 2 aromatic heterocycles. The van der Waals surface area contributed by atoms with Gasteiger partial charge in [0.1, 0.15) is 0 Å². The lowest BCUT2D eigenvalue weighted by Gasteiger charge is -2.11. The van der Waals surface area contributed by atoms with Gasteiger partial charge in [-0.15, -0.1) is 12.4 Å². The number of benzene rings is 2. The molecule has 0 aliphatic carbocycles. The van der Waals surface area contributed by atoms with Gasteiger partial charge in [0.05, 0.1) is 27.8 Å². The van der Waals surface area contributed by atoms with E-state index in [1.165, 1.54) is 16.2 Å². The lowest BCUT2D eigenvalue weighted by atomic mass is 10.2. The third-order valence-corrected chi connectivity index (χ3v) is 6.23. The number of amides is 2. The van der Waals surface area contributed by atoms with Crippen molar-refractivity contribution in [3.63, 3.8) is 0 Å². The normalized spacial score (nSPS) is 10.8. The van der Waals surface area contributed by atoms with Crippen molar-refractivity contribution in [2.75, 3.05) is 39.5 Å². The zero-order chi connectivity index (χ0) is 23.5. The minimum absolute atomic E-state index is 0. The molecule has 2 amide bonds. The highest BCUT2D eigenvalue weighted by molar-refractivity contribution is 7.22. The standard InChI is InChI=1S/C22H24ClN7O2S.ClH/c1-24-8-9-30-17-7-4-13(20(32)25-12-19(31)29(2)3)10-16(17)26-21(30)28-22-27-15-6-5-14(23)11-18(15)33-22;/h4-7,10-11,24H,8-9,12H2,1-3H3,(H,25,32)(H,26,27,28);1H. The minimum Gasteiger partial charge on any atom is -0.347 e. The van der Waals surface area contributed by atoms with Crippen LogP contribution in [0.25, 0.3) is 21.3 Å². The highest BCUT2D eigenvalue weighted by Gasteiger charge is 2.16. The van der Waals surface area contributed by atoms with E-state index >= 15 is 0 Å². The summed E-state index contributed by atoms with van der Waals surface area (Å²) in [4.78, 5) is 35.1. The molecule has 0 saturated carbocycles. The van der Waals surface area contributed by atoms with E-state index in [-0.39, 0.29) is 30.8 Å². The molecule has 2 heterocycles. The van der Waals surface area contributed by atoms with Crippen LogP contribution in [-0.4, -0.2) is 65.5 Å².